The number of alkyl halides is 4. The first-order valence-corrected chi connectivity index (χ1v) is 16.4. The van der Waals surface area contributed by atoms with E-state index in [-0.39, 0.29) is 74.7 Å². The number of carbonyl (C=O) groups is 1. The number of halogens is 5. The highest BCUT2D eigenvalue weighted by Gasteiger charge is 2.49. The lowest BCUT2D eigenvalue weighted by molar-refractivity contribution is -0.140. The minimum Gasteiger partial charge on any atom is -0.470 e. The van der Waals surface area contributed by atoms with Crippen molar-refractivity contribution in [3.63, 3.8) is 0 Å². The standard InChI is InChI=1S/C33H30F5N7O3S/c1-4-23(46)45-11-8-22(16(45)2)48-30-25-21(41-31(43-30)47-15-32-9-5-10-44(32)14-17(34)13-32)12-19(28(42-25)33(36,37)38)18-6-7-20(35)27-24(18)26(40-3)29(39)49-27/h4,6-7,12,16-17,22H,1,5,8-11,13-15,39H2,2H3/t16-,17-,22-,32+/m1/s1. The molecule has 256 valence electrons. The largest absolute Gasteiger partial charge is 0.470 e. The number of hydrogen-bond acceptors (Lipinski definition) is 9. The molecule has 1 aromatic carbocycles. The molecule has 3 aromatic heterocycles. The summed E-state index contributed by atoms with van der Waals surface area (Å²) in [6.07, 6.45) is -3.33. The SMILES string of the molecule is [C-]#[N+]c1c(N)sc2c(F)ccc(-c3cc4nc(OC[C@@]56CCCN5C[C@H](F)C6)nc(O[C@@H]5CCN(C(=O)C=C)[C@@H]5C)c4nc3C(F)(F)F)c12. The molecule has 1 amide bonds. The summed E-state index contributed by atoms with van der Waals surface area (Å²) in [6, 6.07) is 2.61. The van der Waals surface area contributed by atoms with Gasteiger partial charge in [0.25, 0.3) is 0 Å². The molecule has 3 aliphatic heterocycles. The molecular weight excluding hydrogens is 669 g/mol. The molecule has 4 aromatic rings. The third kappa shape index (κ3) is 5.58. The number of pyridine rings is 1. The van der Waals surface area contributed by atoms with Crippen molar-refractivity contribution in [2.45, 2.75) is 62.6 Å². The Balaban J connectivity index is 1.39. The number of benzene rings is 1. The third-order valence-corrected chi connectivity index (χ3v) is 10.7. The predicted octanol–water partition coefficient (Wildman–Crippen LogP) is 6.71. The number of ether oxygens (including phenoxy) is 2. The van der Waals surface area contributed by atoms with Crippen molar-refractivity contribution in [1.29, 1.82) is 0 Å². The predicted molar refractivity (Wildman–Crippen MR) is 173 cm³/mol. The second-order valence-corrected chi connectivity index (χ2v) is 13.6. The van der Waals surface area contributed by atoms with E-state index in [1.54, 1.807) is 6.92 Å². The van der Waals surface area contributed by atoms with Crippen molar-refractivity contribution in [3.05, 3.63) is 53.8 Å². The van der Waals surface area contributed by atoms with Crippen LogP contribution in [0.25, 0.3) is 37.1 Å². The molecule has 3 fully saturated rings. The lowest BCUT2D eigenvalue weighted by Gasteiger charge is -2.30. The number of hydrogen-bond donors (Lipinski definition) is 1. The molecule has 0 radical (unpaired) electrons. The molecular formula is C33H30F5N7O3S. The Morgan fingerprint density at radius 1 is 1.27 bits per heavy atom. The van der Waals surface area contributed by atoms with Crippen LogP contribution in [0.3, 0.4) is 0 Å². The van der Waals surface area contributed by atoms with E-state index in [1.165, 1.54) is 11.0 Å². The second kappa shape index (κ2) is 12.1. The van der Waals surface area contributed by atoms with E-state index in [0.717, 1.165) is 42.5 Å². The van der Waals surface area contributed by atoms with E-state index in [0.29, 0.717) is 19.4 Å². The highest BCUT2D eigenvalue weighted by molar-refractivity contribution is 7.23. The van der Waals surface area contributed by atoms with Gasteiger partial charge < -0.3 is 20.1 Å². The fraction of sp³-hybridized carbons (Fsp3) is 0.424. The van der Waals surface area contributed by atoms with Crippen molar-refractivity contribution in [2.24, 2.45) is 0 Å². The summed E-state index contributed by atoms with van der Waals surface area (Å²) >= 11 is 0.765. The van der Waals surface area contributed by atoms with E-state index in [9.17, 15) is 26.7 Å². The average Bonchev–Trinajstić information content (AvgIpc) is 3.80. The van der Waals surface area contributed by atoms with Crippen molar-refractivity contribution in [2.75, 3.05) is 32.0 Å². The monoisotopic (exact) mass is 699 g/mol. The maximum Gasteiger partial charge on any atom is 0.433 e. The lowest BCUT2D eigenvalue weighted by Crippen LogP contribution is -2.43. The fourth-order valence-electron chi connectivity index (χ4n) is 7.38. The summed E-state index contributed by atoms with van der Waals surface area (Å²) in [5.41, 5.74) is 2.95. The van der Waals surface area contributed by atoms with Crippen LogP contribution in [-0.2, 0) is 11.0 Å². The van der Waals surface area contributed by atoms with Gasteiger partial charge in [0.15, 0.2) is 11.2 Å². The van der Waals surface area contributed by atoms with Crippen LogP contribution < -0.4 is 15.2 Å². The number of nitrogens with zero attached hydrogens (tertiary/aromatic N) is 6. The van der Waals surface area contributed by atoms with Gasteiger partial charge in [-0.1, -0.05) is 12.6 Å². The molecule has 0 saturated carbocycles. The molecule has 10 nitrogen and oxygen atoms in total. The highest BCUT2D eigenvalue weighted by atomic mass is 32.1. The number of thiophene rings is 1. The molecule has 0 unspecified atom stereocenters. The molecule has 0 aliphatic carbocycles. The van der Waals surface area contributed by atoms with E-state index in [4.69, 9.17) is 21.8 Å². The molecule has 49 heavy (non-hydrogen) atoms. The van der Waals surface area contributed by atoms with Crippen LogP contribution in [0.1, 0.15) is 38.3 Å². The first kappa shape index (κ1) is 32.9. The summed E-state index contributed by atoms with van der Waals surface area (Å²) in [4.78, 5) is 32.2. The lowest BCUT2D eigenvalue weighted by atomic mass is 9.95. The Hall–Kier alpha value is -4.62. The Kier molecular flexibility index (Phi) is 8.10. The fourth-order valence-corrected chi connectivity index (χ4v) is 8.32. The normalized spacial score (nSPS) is 24.0. The van der Waals surface area contributed by atoms with Gasteiger partial charge in [0.2, 0.25) is 17.5 Å². The minimum atomic E-state index is -5.01. The smallest absolute Gasteiger partial charge is 0.433 e. The number of aromatic nitrogens is 3. The first-order valence-electron chi connectivity index (χ1n) is 15.6. The summed E-state index contributed by atoms with van der Waals surface area (Å²) in [6.45, 7) is 14.3. The van der Waals surface area contributed by atoms with E-state index in [1.807, 2.05) is 4.90 Å². The number of carbonyl (C=O) groups excluding carboxylic acids is 1. The first-order chi connectivity index (χ1) is 23.3. The zero-order chi connectivity index (χ0) is 34.8. The molecule has 2 N–H and O–H groups in total. The summed E-state index contributed by atoms with van der Waals surface area (Å²) in [5, 5.41) is -0.106. The van der Waals surface area contributed by atoms with Crippen molar-refractivity contribution < 1.29 is 36.2 Å². The van der Waals surface area contributed by atoms with Gasteiger partial charge in [0.05, 0.1) is 27.9 Å². The highest BCUT2D eigenvalue weighted by Crippen LogP contribution is 2.49. The molecule has 4 atom stereocenters. The number of nitrogens with two attached hydrogens (primary N) is 1. The maximum atomic E-state index is 14.9. The van der Waals surface area contributed by atoms with Gasteiger partial charge in [-0.25, -0.2) is 18.6 Å². The molecule has 16 heteroatoms. The van der Waals surface area contributed by atoms with Crippen LogP contribution in [0, 0.1) is 12.4 Å². The third-order valence-electron chi connectivity index (χ3n) is 9.72. The topological polar surface area (TPSA) is 111 Å². The van der Waals surface area contributed by atoms with Gasteiger partial charge in [0.1, 0.15) is 30.2 Å². The number of nitrogen functional groups attached to an aromatic ring is 1. The summed E-state index contributed by atoms with van der Waals surface area (Å²) in [7, 11) is 0. The van der Waals surface area contributed by atoms with Crippen molar-refractivity contribution >= 4 is 49.1 Å². The van der Waals surface area contributed by atoms with Crippen LogP contribution >= 0.6 is 11.3 Å². The van der Waals surface area contributed by atoms with E-state index >= 15 is 0 Å². The molecule has 0 bridgehead atoms. The van der Waals surface area contributed by atoms with E-state index < -0.39 is 47.1 Å². The maximum absolute atomic E-state index is 14.9. The van der Waals surface area contributed by atoms with Gasteiger partial charge in [-0.15, -0.1) is 11.3 Å². The number of fused-ring (bicyclic) bond motifs is 3. The van der Waals surface area contributed by atoms with Crippen LogP contribution in [0.2, 0.25) is 0 Å². The quantitative estimate of drug-likeness (QED) is 0.129. The Morgan fingerprint density at radius 2 is 2.06 bits per heavy atom. The Bertz CT molecular complexity index is 2050. The van der Waals surface area contributed by atoms with Gasteiger partial charge in [-0.05, 0) is 50.1 Å². The van der Waals surface area contributed by atoms with Crippen LogP contribution in [0.5, 0.6) is 11.9 Å². The van der Waals surface area contributed by atoms with Gasteiger partial charge in [-0.2, -0.15) is 23.1 Å². The number of likely N-dealkylation sites (tertiary alicyclic amines) is 1. The van der Waals surface area contributed by atoms with Crippen molar-refractivity contribution in [3.8, 4) is 23.0 Å². The van der Waals surface area contributed by atoms with Gasteiger partial charge in [-0.3, -0.25) is 9.69 Å². The number of amides is 1. The van der Waals surface area contributed by atoms with Crippen LogP contribution in [0.15, 0.2) is 30.9 Å². The number of anilines is 1. The van der Waals surface area contributed by atoms with Crippen LogP contribution in [-0.4, -0.2) is 80.8 Å². The average molecular weight is 700 g/mol. The zero-order valence-electron chi connectivity index (χ0n) is 26.2. The molecule has 3 aliphatic rings. The second-order valence-electron chi connectivity index (χ2n) is 12.6. The Morgan fingerprint density at radius 3 is 2.80 bits per heavy atom. The summed E-state index contributed by atoms with van der Waals surface area (Å²) in [5.74, 6) is -1.35. The zero-order valence-corrected chi connectivity index (χ0v) is 27.0. The molecule has 6 heterocycles. The van der Waals surface area contributed by atoms with Gasteiger partial charge in [0, 0.05) is 36.9 Å². The summed E-state index contributed by atoms with van der Waals surface area (Å²) < 4.78 is 86.0. The van der Waals surface area contributed by atoms with Gasteiger partial charge >= 0.3 is 12.2 Å². The minimum absolute atomic E-state index is 0.0372. The molecule has 7 rings (SSSR count). The number of rotatable bonds is 7. The Labute approximate surface area is 281 Å². The molecule has 0 spiro atoms. The van der Waals surface area contributed by atoms with Crippen molar-refractivity contribution in [1.82, 2.24) is 24.8 Å². The molecule has 3 saturated heterocycles. The van der Waals surface area contributed by atoms with E-state index in [2.05, 4.69) is 26.4 Å². The van der Waals surface area contributed by atoms with Crippen LogP contribution in [0.4, 0.5) is 32.6 Å².